The maximum atomic E-state index is 12.6. The van der Waals surface area contributed by atoms with Gasteiger partial charge in [0.25, 0.3) is 5.91 Å². The number of piperidine rings is 1. The molecule has 2 N–H and O–H groups in total. The van der Waals surface area contributed by atoms with E-state index in [1.54, 1.807) is 18.2 Å². The van der Waals surface area contributed by atoms with Crippen LogP contribution in [0.4, 0.5) is 0 Å². The van der Waals surface area contributed by atoms with E-state index in [-0.39, 0.29) is 5.91 Å². The maximum absolute atomic E-state index is 12.6. The minimum Gasteiger partial charge on any atom is -0.508 e. The Kier molecular flexibility index (Phi) is 8.63. The molecule has 0 spiro atoms. The number of aromatic hydroxyl groups is 1. The van der Waals surface area contributed by atoms with Crippen molar-refractivity contribution in [2.75, 3.05) is 26.2 Å². The summed E-state index contributed by atoms with van der Waals surface area (Å²) in [7, 11) is 0. The van der Waals surface area contributed by atoms with Crippen molar-refractivity contribution in [3.05, 3.63) is 102 Å². The first-order chi connectivity index (χ1) is 19.6. The van der Waals surface area contributed by atoms with Gasteiger partial charge < -0.3 is 19.9 Å². The molecule has 204 valence electrons. The van der Waals surface area contributed by atoms with Gasteiger partial charge in [0.15, 0.2) is 0 Å². The Morgan fingerprint density at radius 2 is 1.73 bits per heavy atom. The maximum Gasteiger partial charge on any atom is 0.251 e. The van der Waals surface area contributed by atoms with E-state index in [1.807, 2.05) is 54.6 Å². The molecule has 0 atom stereocenters. The van der Waals surface area contributed by atoms with Crippen LogP contribution in [-0.4, -0.2) is 46.7 Å². The highest BCUT2D eigenvalue weighted by Crippen LogP contribution is 2.36. The predicted molar refractivity (Wildman–Crippen MR) is 160 cm³/mol. The number of likely N-dealkylation sites (tertiary alicyclic amines) is 1. The first-order valence-electron chi connectivity index (χ1n) is 14.1. The van der Waals surface area contributed by atoms with E-state index in [9.17, 15) is 9.90 Å². The fourth-order valence-corrected chi connectivity index (χ4v) is 5.71. The summed E-state index contributed by atoms with van der Waals surface area (Å²) in [5.41, 5.74) is 5.82. The number of rotatable bonds is 10. The molecular weight excluding hydrogens is 496 g/mol. The highest BCUT2D eigenvalue weighted by molar-refractivity contribution is 5.94. The second kappa shape index (κ2) is 12.7. The zero-order valence-electron chi connectivity index (χ0n) is 22.9. The fraction of sp³-hybridized carbons (Fsp3) is 0.294. The predicted octanol–water partition coefficient (Wildman–Crippen LogP) is 6.46. The van der Waals surface area contributed by atoms with E-state index in [0.717, 1.165) is 73.9 Å². The van der Waals surface area contributed by atoms with Crippen molar-refractivity contribution in [3.8, 4) is 22.9 Å². The summed E-state index contributed by atoms with van der Waals surface area (Å²) in [6.07, 6.45) is 8.37. The third kappa shape index (κ3) is 6.27. The van der Waals surface area contributed by atoms with Gasteiger partial charge in [0.05, 0.1) is 11.6 Å². The Labute approximate surface area is 236 Å². The molecule has 5 rings (SSSR count). The van der Waals surface area contributed by atoms with Gasteiger partial charge in [-0.3, -0.25) is 4.79 Å². The zero-order chi connectivity index (χ0) is 27.9. The highest BCUT2D eigenvalue weighted by Gasteiger charge is 2.23. The molecular formula is C34H36N4O2. The topological polar surface area (TPSA) is 81.3 Å². The fourth-order valence-electron chi connectivity index (χ4n) is 5.71. The van der Waals surface area contributed by atoms with E-state index in [0.29, 0.717) is 29.3 Å². The van der Waals surface area contributed by atoms with Crippen LogP contribution >= 0.6 is 0 Å². The van der Waals surface area contributed by atoms with Crippen LogP contribution in [0.25, 0.3) is 22.0 Å². The number of nitrogens with one attached hydrogen (secondary N) is 1. The molecule has 4 aromatic rings. The molecule has 1 amide bonds. The monoisotopic (exact) mass is 532 g/mol. The summed E-state index contributed by atoms with van der Waals surface area (Å²) in [6, 6.07) is 22.8. The van der Waals surface area contributed by atoms with Crippen molar-refractivity contribution in [2.24, 2.45) is 0 Å². The first-order valence-corrected chi connectivity index (χ1v) is 14.1. The Balaban J connectivity index is 1.04. The quantitative estimate of drug-likeness (QED) is 0.181. The summed E-state index contributed by atoms with van der Waals surface area (Å²) in [5, 5.41) is 23.2. The van der Waals surface area contributed by atoms with Crippen molar-refractivity contribution >= 4 is 16.8 Å². The van der Waals surface area contributed by atoms with Crippen LogP contribution in [0.15, 0.2) is 85.6 Å². The lowest BCUT2D eigenvalue weighted by Gasteiger charge is -2.32. The SMILES string of the molecule is C=CCn1cc(C2CCN(CCCCNC(=O)c3ccc(-c4ccc(C#N)cc4)cc3)CC2)c2cc(O)ccc21. The number of hydrogen-bond acceptors (Lipinski definition) is 4. The molecule has 0 bridgehead atoms. The van der Waals surface area contributed by atoms with Gasteiger partial charge in [-0.05, 0) is 110 Å². The van der Waals surface area contributed by atoms with Gasteiger partial charge in [-0.1, -0.05) is 30.3 Å². The molecule has 2 heterocycles. The Morgan fingerprint density at radius 1 is 1.02 bits per heavy atom. The van der Waals surface area contributed by atoms with E-state index in [1.165, 1.54) is 5.56 Å². The van der Waals surface area contributed by atoms with E-state index in [2.05, 4.69) is 33.6 Å². The number of nitriles is 1. The number of phenols is 1. The number of allylic oxidation sites excluding steroid dienone is 1. The molecule has 0 radical (unpaired) electrons. The standard InChI is InChI=1S/C34H36N4O2/c1-2-18-38-24-32(31-22-30(39)13-14-33(31)38)28-15-20-37(21-16-28)19-4-3-17-36-34(40)29-11-9-27(10-12-29)26-7-5-25(23-35)6-8-26/h2,5-14,22,24,28,39H,1,3-4,15-21H2,(H,36,40). The van der Waals surface area contributed by atoms with Crippen LogP contribution in [0, 0.1) is 11.3 Å². The van der Waals surface area contributed by atoms with Crippen LogP contribution in [0.3, 0.4) is 0 Å². The number of fused-ring (bicyclic) bond motifs is 1. The first kappa shape index (κ1) is 27.2. The minimum atomic E-state index is -0.0474. The van der Waals surface area contributed by atoms with Crippen molar-refractivity contribution in [2.45, 2.75) is 38.1 Å². The largest absolute Gasteiger partial charge is 0.508 e. The van der Waals surface area contributed by atoms with E-state index < -0.39 is 0 Å². The van der Waals surface area contributed by atoms with Gasteiger partial charge in [-0.25, -0.2) is 0 Å². The van der Waals surface area contributed by atoms with Crippen molar-refractivity contribution < 1.29 is 9.90 Å². The third-order valence-corrected chi connectivity index (χ3v) is 7.93. The summed E-state index contributed by atoms with van der Waals surface area (Å²) in [4.78, 5) is 15.1. The van der Waals surface area contributed by atoms with Gasteiger partial charge in [0.1, 0.15) is 5.75 Å². The van der Waals surface area contributed by atoms with Crippen LogP contribution in [-0.2, 0) is 6.54 Å². The molecule has 0 saturated carbocycles. The van der Waals surface area contributed by atoms with Gasteiger partial charge in [-0.15, -0.1) is 6.58 Å². The smallest absolute Gasteiger partial charge is 0.251 e. The van der Waals surface area contributed by atoms with Gasteiger partial charge in [0.2, 0.25) is 0 Å². The number of benzene rings is 3. The number of phenolic OH excluding ortho intramolecular Hbond substituents is 1. The van der Waals surface area contributed by atoms with Crippen LogP contribution in [0.1, 0.15) is 53.1 Å². The van der Waals surface area contributed by atoms with Crippen LogP contribution in [0.2, 0.25) is 0 Å². The number of carbonyl (C=O) groups excluding carboxylic acids is 1. The van der Waals surface area contributed by atoms with Crippen molar-refractivity contribution in [1.82, 2.24) is 14.8 Å². The molecule has 0 unspecified atom stereocenters. The molecule has 0 aliphatic carbocycles. The number of carbonyl (C=O) groups is 1. The molecule has 1 aliphatic rings. The van der Waals surface area contributed by atoms with Gasteiger partial charge in [-0.2, -0.15) is 5.26 Å². The van der Waals surface area contributed by atoms with Crippen molar-refractivity contribution in [1.29, 1.82) is 5.26 Å². The lowest BCUT2D eigenvalue weighted by molar-refractivity contribution is 0.0952. The molecule has 1 saturated heterocycles. The lowest BCUT2D eigenvalue weighted by Crippen LogP contribution is -2.34. The number of amides is 1. The average molecular weight is 533 g/mol. The van der Waals surface area contributed by atoms with E-state index in [4.69, 9.17) is 5.26 Å². The number of nitrogens with zero attached hydrogens (tertiary/aromatic N) is 3. The molecule has 1 fully saturated rings. The molecule has 6 heteroatoms. The van der Waals surface area contributed by atoms with Crippen LogP contribution in [0.5, 0.6) is 5.75 Å². The van der Waals surface area contributed by atoms with Gasteiger partial charge in [0, 0.05) is 35.8 Å². The Bertz CT molecular complexity index is 1500. The lowest BCUT2D eigenvalue weighted by atomic mass is 9.89. The number of hydrogen-bond donors (Lipinski definition) is 2. The summed E-state index contributed by atoms with van der Waals surface area (Å²) >= 11 is 0. The molecule has 40 heavy (non-hydrogen) atoms. The van der Waals surface area contributed by atoms with Crippen molar-refractivity contribution in [3.63, 3.8) is 0 Å². The zero-order valence-corrected chi connectivity index (χ0v) is 22.9. The summed E-state index contributed by atoms with van der Waals surface area (Å²) in [5.74, 6) is 0.762. The molecule has 1 aromatic heterocycles. The molecule has 3 aromatic carbocycles. The van der Waals surface area contributed by atoms with Gasteiger partial charge >= 0.3 is 0 Å². The Morgan fingerprint density at radius 3 is 2.40 bits per heavy atom. The Hall–Kier alpha value is -4.34. The minimum absolute atomic E-state index is 0.0474. The number of aromatic nitrogens is 1. The van der Waals surface area contributed by atoms with E-state index >= 15 is 0 Å². The number of unbranched alkanes of at least 4 members (excludes halogenated alkanes) is 1. The second-order valence-electron chi connectivity index (χ2n) is 10.6. The second-order valence-corrected chi connectivity index (χ2v) is 10.6. The highest BCUT2D eigenvalue weighted by atomic mass is 16.3. The third-order valence-electron chi connectivity index (χ3n) is 7.93. The molecule has 1 aliphatic heterocycles. The molecule has 6 nitrogen and oxygen atoms in total. The summed E-state index contributed by atoms with van der Waals surface area (Å²) in [6.45, 7) is 8.49. The summed E-state index contributed by atoms with van der Waals surface area (Å²) < 4.78 is 2.22. The normalized spacial score (nSPS) is 14.2. The van der Waals surface area contributed by atoms with Crippen LogP contribution < -0.4 is 5.32 Å². The average Bonchev–Trinajstić information content (AvgIpc) is 3.34.